The average molecular weight is 323 g/mol. The Kier molecular flexibility index (Phi) is 4.49. The quantitative estimate of drug-likeness (QED) is 0.662. The minimum absolute atomic E-state index is 0.108. The van der Waals surface area contributed by atoms with Crippen molar-refractivity contribution in [1.29, 1.82) is 0 Å². The Morgan fingerprint density at radius 3 is 2.65 bits per heavy atom. The predicted molar refractivity (Wildman–Crippen MR) is 74.2 cm³/mol. The predicted octanol–water partition coefficient (Wildman–Crippen LogP) is 2.11. The highest BCUT2D eigenvalue weighted by molar-refractivity contribution is 6.07. The summed E-state index contributed by atoms with van der Waals surface area (Å²) >= 11 is 0. The van der Waals surface area contributed by atoms with Gasteiger partial charge < -0.3 is 9.63 Å². The van der Waals surface area contributed by atoms with E-state index in [9.17, 15) is 18.4 Å². The molecule has 0 aliphatic rings. The summed E-state index contributed by atoms with van der Waals surface area (Å²) < 4.78 is 31.1. The van der Waals surface area contributed by atoms with E-state index in [4.69, 9.17) is 9.63 Å². The average Bonchev–Trinajstić information content (AvgIpc) is 2.86. The maximum atomic E-state index is 13.5. The highest BCUT2D eigenvalue weighted by atomic mass is 19.1. The molecule has 1 amide bonds. The molecule has 0 spiro atoms. The number of carboxylic acid groups (broad SMARTS) is 1. The van der Waals surface area contributed by atoms with E-state index in [0.717, 1.165) is 12.1 Å². The van der Waals surface area contributed by atoms with Crippen LogP contribution in [0.25, 0.3) is 0 Å². The molecule has 0 aliphatic heterocycles. The van der Waals surface area contributed by atoms with Crippen LogP contribution in [-0.4, -0.2) is 27.9 Å². The summed E-state index contributed by atoms with van der Waals surface area (Å²) in [5, 5.41) is 16.1. The van der Waals surface area contributed by atoms with Gasteiger partial charge >= 0.3 is 5.97 Å². The van der Waals surface area contributed by atoms with Crippen LogP contribution in [0.5, 0.6) is 0 Å². The molecule has 0 bridgehead atoms. The molecule has 1 aromatic carbocycles. The third-order valence-electron chi connectivity index (χ3n) is 2.93. The number of carbonyl (C=O) groups excluding carboxylic acids is 1. The smallest absolute Gasteiger partial charge is 0.358 e. The van der Waals surface area contributed by atoms with Crippen LogP contribution in [0.4, 0.5) is 8.78 Å². The van der Waals surface area contributed by atoms with E-state index in [-0.39, 0.29) is 22.7 Å². The summed E-state index contributed by atoms with van der Waals surface area (Å²) in [6.07, 6.45) is 0. The van der Waals surface area contributed by atoms with Crippen LogP contribution in [0.3, 0.4) is 0 Å². The van der Waals surface area contributed by atoms with Crippen molar-refractivity contribution in [2.24, 2.45) is 5.10 Å². The molecule has 0 aliphatic carbocycles. The van der Waals surface area contributed by atoms with Crippen molar-refractivity contribution in [1.82, 2.24) is 10.6 Å². The lowest BCUT2D eigenvalue weighted by Gasteiger charge is -2.04. The minimum Gasteiger partial charge on any atom is -0.476 e. The van der Waals surface area contributed by atoms with Crippen molar-refractivity contribution in [2.45, 2.75) is 13.8 Å². The fraction of sp³-hybridized carbons (Fsp3) is 0.143. The molecule has 23 heavy (non-hydrogen) atoms. The first-order valence-electron chi connectivity index (χ1n) is 6.31. The van der Waals surface area contributed by atoms with Crippen LogP contribution < -0.4 is 5.43 Å². The Morgan fingerprint density at radius 2 is 2.04 bits per heavy atom. The van der Waals surface area contributed by atoms with Crippen LogP contribution in [-0.2, 0) is 0 Å². The first-order chi connectivity index (χ1) is 10.8. The Bertz CT molecular complexity index is 814. The first-order valence-corrected chi connectivity index (χ1v) is 6.31. The van der Waals surface area contributed by atoms with Gasteiger partial charge in [0, 0.05) is 6.07 Å². The zero-order valence-corrected chi connectivity index (χ0v) is 12.1. The van der Waals surface area contributed by atoms with Gasteiger partial charge in [-0.15, -0.1) is 0 Å². The third-order valence-corrected chi connectivity index (χ3v) is 2.93. The summed E-state index contributed by atoms with van der Waals surface area (Å²) in [6.45, 7) is 2.91. The maximum absolute atomic E-state index is 13.5. The Labute approximate surface area is 128 Å². The maximum Gasteiger partial charge on any atom is 0.358 e. The first kappa shape index (κ1) is 16.3. The number of hydrogen-bond donors (Lipinski definition) is 2. The van der Waals surface area contributed by atoms with Gasteiger partial charge in [-0.05, 0) is 26.0 Å². The topological polar surface area (TPSA) is 105 Å². The van der Waals surface area contributed by atoms with Crippen molar-refractivity contribution >= 4 is 17.6 Å². The zero-order chi connectivity index (χ0) is 17.1. The molecule has 9 heteroatoms. The highest BCUT2D eigenvalue weighted by Gasteiger charge is 2.21. The molecule has 7 nitrogen and oxygen atoms in total. The van der Waals surface area contributed by atoms with E-state index in [1.54, 1.807) is 0 Å². The van der Waals surface area contributed by atoms with E-state index in [0.29, 0.717) is 6.07 Å². The summed E-state index contributed by atoms with van der Waals surface area (Å²) in [7, 11) is 0. The Morgan fingerprint density at radius 1 is 1.35 bits per heavy atom. The molecule has 2 N–H and O–H groups in total. The second-order valence-electron chi connectivity index (χ2n) is 4.53. The number of aromatic nitrogens is 1. The monoisotopic (exact) mass is 323 g/mol. The number of nitrogens with one attached hydrogen (secondary N) is 1. The number of amides is 1. The van der Waals surface area contributed by atoms with Gasteiger partial charge in [0.2, 0.25) is 5.69 Å². The summed E-state index contributed by atoms with van der Waals surface area (Å²) in [6, 6.07) is 2.47. The third kappa shape index (κ3) is 3.39. The largest absolute Gasteiger partial charge is 0.476 e. The van der Waals surface area contributed by atoms with Gasteiger partial charge in [-0.25, -0.2) is 19.0 Å². The number of hydrazone groups is 1. The fourth-order valence-electron chi connectivity index (χ4n) is 1.87. The standard InChI is InChI=1S/C14H11F2N3O4/c1-6(11-7(2)23-19-12(11)14(21)22)17-18-13(20)9-4-3-8(15)5-10(9)16/h3-5H,1-2H3,(H,18,20)(H,21,22)/b17-6+. The molecular formula is C14H11F2N3O4. The number of rotatable bonds is 4. The number of hydrogen-bond acceptors (Lipinski definition) is 5. The lowest BCUT2D eigenvalue weighted by atomic mass is 10.1. The van der Waals surface area contributed by atoms with Gasteiger partial charge in [-0.3, -0.25) is 4.79 Å². The molecule has 0 saturated heterocycles. The van der Waals surface area contributed by atoms with Gasteiger partial charge in [0.05, 0.1) is 16.8 Å². The van der Waals surface area contributed by atoms with E-state index in [1.165, 1.54) is 13.8 Å². The van der Waals surface area contributed by atoms with Crippen LogP contribution in [0, 0.1) is 18.6 Å². The van der Waals surface area contributed by atoms with Gasteiger partial charge in [0.25, 0.3) is 5.91 Å². The molecule has 2 aromatic rings. The lowest BCUT2D eigenvalue weighted by Crippen LogP contribution is -2.21. The molecule has 1 heterocycles. The Hall–Kier alpha value is -3.10. The molecule has 0 saturated carbocycles. The van der Waals surface area contributed by atoms with Crippen LogP contribution in [0.2, 0.25) is 0 Å². The van der Waals surface area contributed by atoms with Gasteiger partial charge in [0.1, 0.15) is 17.4 Å². The van der Waals surface area contributed by atoms with Crippen LogP contribution >= 0.6 is 0 Å². The van der Waals surface area contributed by atoms with Crippen LogP contribution in [0.15, 0.2) is 27.8 Å². The van der Waals surface area contributed by atoms with Gasteiger partial charge in [0.15, 0.2) is 0 Å². The van der Waals surface area contributed by atoms with E-state index in [2.05, 4.69) is 15.7 Å². The lowest BCUT2D eigenvalue weighted by molar-refractivity contribution is 0.0685. The van der Waals surface area contributed by atoms with Crippen molar-refractivity contribution in [3.8, 4) is 0 Å². The molecule has 120 valence electrons. The molecule has 0 radical (unpaired) electrons. The molecular weight excluding hydrogens is 312 g/mol. The fourth-order valence-corrected chi connectivity index (χ4v) is 1.87. The number of carboxylic acids is 1. The van der Waals surface area contributed by atoms with E-state index < -0.39 is 29.1 Å². The van der Waals surface area contributed by atoms with Crippen molar-refractivity contribution < 1.29 is 28.0 Å². The molecule has 0 atom stereocenters. The molecule has 2 rings (SSSR count). The zero-order valence-electron chi connectivity index (χ0n) is 12.1. The number of carbonyl (C=O) groups is 2. The SMILES string of the molecule is C/C(=N\NC(=O)c1ccc(F)cc1F)c1c(C(=O)O)noc1C. The van der Waals surface area contributed by atoms with E-state index in [1.807, 2.05) is 0 Å². The molecule has 1 aromatic heterocycles. The minimum atomic E-state index is -1.32. The highest BCUT2D eigenvalue weighted by Crippen LogP contribution is 2.15. The molecule has 0 unspecified atom stereocenters. The van der Waals surface area contributed by atoms with Crippen molar-refractivity contribution in [3.63, 3.8) is 0 Å². The summed E-state index contributed by atoms with van der Waals surface area (Å²) in [4.78, 5) is 22.8. The number of nitrogens with zero attached hydrogens (tertiary/aromatic N) is 2. The van der Waals surface area contributed by atoms with E-state index >= 15 is 0 Å². The van der Waals surface area contributed by atoms with Crippen molar-refractivity contribution in [3.05, 3.63) is 52.4 Å². The summed E-state index contributed by atoms with van der Waals surface area (Å²) in [5.41, 5.74) is 1.53. The second kappa shape index (κ2) is 6.34. The Balaban J connectivity index is 2.24. The van der Waals surface area contributed by atoms with Crippen molar-refractivity contribution in [2.75, 3.05) is 0 Å². The molecule has 0 fully saturated rings. The van der Waals surface area contributed by atoms with Gasteiger partial charge in [-0.2, -0.15) is 5.10 Å². The number of halogens is 2. The second-order valence-corrected chi connectivity index (χ2v) is 4.53. The summed E-state index contributed by atoms with van der Waals surface area (Å²) in [5.74, 6) is -3.88. The number of benzene rings is 1. The van der Waals surface area contributed by atoms with Crippen LogP contribution in [0.1, 0.15) is 39.1 Å². The van der Waals surface area contributed by atoms with Gasteiger partial charge in [-0.1, -0.05) is 5.16 Å². The normalized spacial score (nSPS) is 11.4. The number of aromatic carboxylic acids is 1. The number of aryl methyl sites for hydroxylation is 1.